The lowest BCUT2D eigenvalue weighted by atomic mass is 10.2. The molecular weight excluding hydrogens is 304 g/mol. The standard InChI is InChI=1S/C16H18O3S2/c1-8(2)19-15(18)12(11(5)17)16-20-13-9(3)6-7-10(4)14(13)21-16/h6-8H,1-5H3. The number of benzene rings is 1. The van der Waals surface area contributed by atoms with Gasteiger partial charge in [0.15, 0.2) is 5.78 Å². The molecule has 0 N–H and O–H groups in total. The maximum atomic E-state index is 12.2. The fourth-order valence-corrected chi connectivity index (χ4v) is 4.88. The maximum Gasteiger partial charge on any atom is 0.343 e. The lowest BCUT2D eigenvalue weighted by molar-refractivity contribution is -0.143. The number of thioether (sulfide) groups is 2. The van der Waals surface area contributed by atoms with E-state index in [0.717, 1.165) is 25.2 Å². The van der Waals surface area contributed by atoms with Gasteiger partial charge in [-0.2, -0.15) is 0 Å². The second-order valence-electron chi connectivity index (χ2n) is 5.23. The molecule has 21 heavy (non-hydrogen) atoms. The molecule has 0 aliphatic carbocycles. The molecule has 1 heterocycles. The molecule has 0 aromatic heterocycles. The summed E-state index contributed by atoms with van der Waals surface area (Å²) >= 11 is 2.98. The van der Waals surface area contributed by atoms with E-state index in [1.54, 1.807) is 13.8 Å². The summed E-state index contributed by atoms with van der Waals surface area (Å²) in [6.45, 7) is 9.04. The van der Waals surface area contributed by atoms with Crippen LogP contribution in [0.2, 0.25) is 0 Å². The van der Waals surface area contributed by atoms with Crippen LogP contribution in [-0.4, -0.2) is 17.9 Å². The van der Waals surface area contributed by atoms with E-state index < -0.39 is 5.97 Å². The van der Waals surface area contributed by atoms with Crippen LogP contribution in [0.3, 0.4) is 0 Å². The van der Waals surface area contributed by atoms with Gasteiger partial charge in [-0.3, -0.25) is 4.79 Å². The zero-order valence-corrected chi connectivity index (χ0v) is 14.4. The number of rotatable bonds is 3. The van der Waals surface area contributed by atoms with Crippen molar-refractivity contribution in [2.45, 2.75) is 50.5 Å². The average Bonchev–Trinajstić information content (AvgIpc) is 2.78. The first-order valence-electron chi connectivity index (χ1n) is 6.73. The molecule has 0 saturated heterocycles. The Labute approximate surface area is 133 Å². The van der Waals surface area contributed by atoms with Crippen molar-refractivity contribution in [1.82, 2.24) is 0 Å². The molecule has 0 amide bonds. The van der Waals surface area contributed by atoms with E-state index in [9.17, 15) is 9.59 Å². The molecule has 1 aromatic carbocycles. The van der Waals surface area contributed by atoms with Crippen LogP contribution < -0.4 is 0 Å². The van der Waals surface area contributed by atoms with Crippen molar-refractivity contribution in [3.63, 3.8) is 0 Å². The Hall–Kier alpha value is -1.20. The van der Waals surface area contributed by atoms with Gasteiger partial charge in [-0.05, 0) is 45.7 Å². The number of carbonyl (C=O) groups is 2. The SMILES string of the molecule is CC(=O)C(C(=O)OC(C)C)=C1Sc2c(C)ccc(C)c2S1. The maximum absolute atomic E-state index is 12.2. The normalized spacial score (nSPS) is 13.3. The number of ether oxygens (including phenoxy) is 1. The molecule has 0 unspecified atom stereocenters. The Balaban J connectivity index is 2.44. The monoisotopic (exact) mass is 322 g/mol. The summed E-state index contributed by atoms with van der Waals surface area (Å²) in [7, 11) is 0. The Morgan fingerprint density at radius 3 is 1.90 bits per heavy atom. The van der Waals surface area contributed by atoms with Crippen molar-refractivity contribution >= 4 is 35.3 Å². The van der Waals surface area contributed by atoms with Crippen LogP contribution in [0.25, 0.3) is 0 Å². The number of carbonyl (C=O) groups excluding carboxylic acids is 2. The molecule has 2 rings (SSSR count). The van der Waals surface area contributed by atoms with E-state index in [-0.39, 0.29) is 17.5 Å². The number of aryl methyl sites for hydroxylation is 2. The zero-order valence-electron chi connectivity index (χ0n) is 12.8. The van der Waals surface area contributed by atoms with Crippen LogP contribution in [0.1, 0.15) is 31.9 Å². The summed E-state index contributed by atoms with van der Waals surface area (Å²) in [6, 6.07) is 4.12. The molecular formula is C16H18O3S2. The average molecular weight is 322 g/mol. The van der Waals surface area contributed by atoms with Crippen molar-refractivity contribution in [3.05, 3.63) is 33.1 Å². The Morgan fingerprint density at radius 2 is 1.52 bits per heavy atom. The fourth-order valence-electron chi connectivity index (χ4n) is 1.97. The van der Waals surface area contributed by atoms with E-state index in [2.05, 4.69) is 12.1 Å². The highest BCUT2D eigenvalue weighted by Gasteiger charge is 2.30. The summed E-state index contributed by atoms with van der Waals surface area (Å²) < 4.78 is 5.92. The summed E-state index contributed by atoms with van der Waals surface area (Å²) in [6.07, 6.45) is -0.241. The predicted molar refractivity (Wildman–Crippen MR) is 86.6 cm³/mol. The van der Waals surface area contributed by atoms with Crippen molar-refractivity contribution in [2.75, 3.05) is 0 Å². The minimum absolute atomic E-state index is 0.161. The van der Waals surface area contributed by atoms with E-state index in [1.165, 1.54) is 30.4 Å². The number of esters is 1. The molecule has 0 saturated carbocycles. The van der Waals surface area contributed by atoms with E-state index >= 15 is 0 Å². The second kappa shape index (κ2) is 6.28. The molecule has 1 aliphatic rings. The molecule has 112 valence electrons. The predicted octanol–water partition coefficient (Wildman–Crippen LogP) is 4.25. The summed E-state index contributed by atoms with van der Waals surface area (Å²) in [5.41, 5.74) is 2.47. The van der Waals surface area contributed by atoms with Crippen LogP contribution in [0.15, 0.2) is 31.7 Å². The molecule has 0 radical (unpaired) electrons. The van der Waals surface area contributed by atoms with E-state index in [4.69, 9.17) is 4.74 Å². The van der Waals surface area contributed by atoms with Crippen LogP contribution in [0.5, 0.6) is 0 Å². The third kappa shape index (κ3) is 3.35. The first kappa shape index (κ1) is 16.2. The van der Waals surface area contributed by atoms with Crippen molar-refractivity contribution < 1.29 is 14.3 Å². The van der Waals surface area contributed by atoms with Gasteiger partial charge in [0, 0.05) is 9.79 Å². The number of ketones is 1. The van der Waals surface area contributed by atoms with Crippen molar-refractivity contribution in [1.29, 1.82) is 0 Å². The van der Waals surface area contributed by atoms with Gasteiger partial charge in [0.05, 0.1) is 10.3 Å². The highest BCUT2D eigenvalue weighted by atomic mass is 32.2. The highest BCUT2D eigenvalue weighted by molar-refractivity contribution is 8.24. The van der Waals surface area contributed by atoms with Gasteiger partial charge in [-0.1, -0.05) is 35.7 Å². The second-order valence-corrected chi connectivity index (χ2v) is 7.53. The highest BCUT2D eigenvalue weighted by Crippen LogP contribution is 2.54. The minimum atomic E-state index is -0.532. The Morgan fingerprint density at radius 1 is 1.05 bits per heavy atom. The Kier molecular flexibility index (Phi) is 4.84. The number of hydrogen-bond acceptors (Lipinski definition) is 5. The summed E-state index contributed by atoms with van der Waals surface area (Å²) in [5.74, 6) is -0.783. The van der Waals surface area contributed by atoms with Crippen molar-refractivity contribution in [2.24, 2.45) is 0 Å². The van der Waals surface area contributed by atoms with Gasteiger partial charge in [0.2, 0.25) is 0 Å². The smallest absolute Gasteiger partial charge is 0.343 e. The first-order valence-corrected chi connectivity index (χ1v) is 8.36. The lowest BCUT2D eigenvalue weighted by Gasteiger charge is -2.10. The fraction of sp³-hybridized carbons (Fsp3) is 0.375. The van der Waals surface area contributed by atoms with Crippen LogP contribution in [0.4, 0.5) is 0 Å². The zero-order chi connectivity index (χ0) is 15.7. The van der Waals surface area contributed by atoms with Gasteiger partial charge in [0.1, 0.15) is 5.57 Å². The number of Topliss-reactive ketones (excluding diaryl/α,β-unsaturated/α-hetero) is 1. The van der Waals surface area contributed by atoms with Crippen LogP contribution in [0, 0.1) is 13.8 Å². The number of hydrogen-bond donors (Lipinski definition) is 0. The van der Waals surface area contributed by atoms with Gasteiger partial charge in [-0.15, -0.1) is 0 Å². The molecule has 3 nitrogen and oxygen atoms in total. The molecule has 0 fully saturated rings. The third-order valence-electron chi connectivity index (χ3n) is 3.00. The van der Waals surface area contributed by atoms with E-state index in [0.29, 0.717) is 0 Å². The minimum Gasteiger partial charge on any atom is -0.459 e. The van der Waals surface area contributed by atoms with E-state index in [1.807, 2.05) is 13.8 Å². The molecule has 5 heteroatoms. The summed E-state index contributed by atoms with van der Waals surface area (Å²) in [5, 5.41) is 0. The topological polar surface area (TPSA) is 43.4 Å². The van der Waals surface area contributed by atoms with Gasteiger partial charge >= 0.3 is 5.97 Å². The van der Waals surface area contributed by atoms with Gasteiger partial charge in [0.25, 0.3) is 0 Å². The molecule has 1 aliphatic heterocycles. The molecule has 1 aromatic rings. The first-order chi connectivity index (χ1) is 9.81. The van der Waals surface area contributed by atoms with Crippen LogP contribution in [-0.2, 0) is 14.3 Å². The summed E-state index contributed by atoms with van der Waals surface area (Å²) in [4.78, 5) is 26.3. The molecule has 0 bridgehead atoms. The lowest BCUT2D eigenvalue weighted by Crippen LogP contribution is -2.18. The molecule has 0 atom stereocenters. The number of fused-ring (bicyclic) bond motifs is 1. The van der Waals surface area contributed by atoms with Gasteiger partial charge < -0.3 is 4.74 Å². The molecule has 0 spiro atoms. The van der Waals surface area contributed by atoms with Gasteiger partial charge in [-0.25, -0.2) is 4.79 Å². The quantitative estimate of drug-likeness (QED) is 0.360. The Bertz CT molecular complexity index is 612. The third-order valence-corrected chi connectivity index (χ3v) is 5.87. The van der Waals surface area contributed by atoms with Crippen molar-refractivity contribution in [3.8, 4) is 0 Å². The van der Waals surface area contributed by atoms with Crippen LogP contribution >= 0.6 is 23.5 Å². The largest absolute Gasteiger partial charge is 0.459 e.